The number of benzene rings is 1. The van der Waals surface area contributed by atoms with Gasteiger partial charge in [-0.15, -0.1) is 0 Å². The first-order chi connectivity index (χ1) is 9.17. The lowest BCUT2D eigenvalue weighted by Gasteiger charge is -2.07. The Morgan fingerprint density at radius 2 is 2.11 bits per heavy atom. The Hall–Kier alpha value is -1.26. The summed E-state index contributed by atoms with van der Waals surface area (Å²) in [5.41, 5.74) is 0. The number of nitrogens with one attached hydrogen (secondary N) is 1. The second-order valence-corrected chi connectivity index (χ2v) is 5.66. The minimum absolute atomic E-state index is 0.736. The molecule has 100 valence electrons. The number of rotatable bonds is 5. The lowest BCUT2D eigenvalue weighted by Crippen LogP contribution is -2.04. The molecule has 0 unspecified atom stereocenters. The highest BCUT2D eigenvalue weighted by atomic mass is 35.5. The second-order valence-electron chi connectivity index (χ2n) is 4.12. The zero-order valence-electron chi connectivity index (χ0n) is 11.0. The van der Waals surface area contributed by atoms with Crippen LogP contribution in [0.1, 0.15) is 19.2 Å². The fourth-order valence-electron chi connectivity index (χ4n) is 1.59. The zero-order chi connectivity index (χ0) is 13.7. The van der Waals surface area contributed by atoms with E-state index in [1.807, 2.05) is 37.3 Å². The average molecular weight is 294 g/mol. The Morgan fingerprint density at radius 3 is 2.84 bits per heavy atom. The molecule has 0 bridgehead atoms. The molecule has 1 aromatic heterocycles. The van der Waals surface area contributed by atoms with E-state index in [0.29, 0.717) is 0 Å². The first-order valence-electron chi connectivity index (χ1n) is 6.20. The van der Waals surface area contributed by atoms with Crippen LogP contribution < -0.4 is 5.32 Å². The van der Waals surface area contributed by atoms with Gasteiger partial charge in [-0.3, -0.25) is 0 Å². The maximum atomic E-state index is 5.98. The molecule has 0 atom stereocenters. The minimum atomic E-state index is 0.736. The van der Waals surface area contributed by atoms with Crippen LogP contribution in [-0.2, 0) is 0 Å². The molecule has 0 saturated carbocycles. The van der Waals surface area contributed by atoms with Crippen molar-refractivity contribution in [1.29, 1.82) is 0 Å². The van der Waals surface area contributed by atoms with E-state index in [9.17, 15) is 0 Å². The molecule has 2 rings (SSSR count). The largest absolute Gasteiger partial charge is 0.370 e. The number of hydrogen-bond acceptors (Lipinski definition) is 4. The van der Waals surface area contributed by atoms with Crippen LogP contribution >= 0.6 is 23.4 Å². The topological polar surface area (TPSA) is 37.8 Å². The number of anilines is 1. The van der Waals surface area contributed by atoms with Crippen molar-refractivity contribution < 1.29 is 0 Å². The molecule has 0 aliphatic rings. The lowest BCUT2D eigenvalue weighted by molar-refractivity contribution is 0.928. The maximum absolute atomic E-state index is 5.98. The van der Waals surface area contributed by atoms with Crippen molar-refractivity contribution in [3.8, 4) is 0 Å². The van der Waals surface area contributed by atoms with Crippen molar-refractivity contribution in [1.82, 2.24) is 9.97 Å². The van der Waals surface area contributed by atoms with Crippen molar-refractivity contribution in [2.45, 2.75) is 30.2 Å². The van der Waals surface area contributed by atoms with E-state index in [0.717, 1.165) is 39.6 Å². The highest BCUT2D eigenvalue weighted by Gasteiger charge is 2.04. The summed E-state index contributed by atoms with van der Waals surface area (Å²) in [5, 5.41) is 4.94. The van der Waals surface area contributed by atoms with Crippen LogP contribution in [0.15, 0.2) is 40.3 Å². The molecule has 1 N–H and O–H groups in total. The highest BCUT2D eigenvalue weighted by Crippen LogP contribution is 2.29. The third-order valence-electron chi connectivity index (χ3n) is 2.39. The van der Waals surface area contributed by atoms with Gasteiger partial charge < -0.3 is 5.32 Å². The number of hydrogen-bond donors (Lipinski definition) is 1. The van der Waals surface area contributed by atoms with Gasteiger partial charge >= 0.3 is 0 Å². The molecule has 0 saturated heterocycles. The van der Waals surface area contributed by atoms with Crippen molar-refractivity contribution in [2.24, 2.45) is 0 Å². The number of aryl methyl sites for hydroxylation is 1. The summed E-state index contributed by atoms with van der Waals surface area (Å²) in [5.74, 6) is 1.64. The molecule has 1 heterocycles. The Balaban J connectivity index is 2.17. The van der Waals surface area contributed by atoms with Gasteiger partial charge in [-0.2, -0.15) is 0 Å². The van der Waals surface area contributed by atoms with Crippen LogP contribution in [0.25, 0.3) is 0 Å². The number of nitrogens with zero attached hydrogens (tertiary/aromatic N) is 2. The number of halogens is 1. The van der Waals surface area contributed by atoms with Gasteiger partial charge in [-0.1, -0.05) is 36.4 Å². The van der Waals surface area contributed by atoms with E-state index in [2.05, 4.69) is 22.2 Å². The highest BCUT2D eigenvalue weighted by molar-refractivity contribution is 7.99. The molecular weight excluding hydrogens is 278 g/mol. The molecule has 1 aromatic carbocycles. The summed E-state index contributed by atoms with van der Waals surface area (Å²) >= 11 is 7.57. The normalized spacial score (nSPS) is 10.5. The molecule has 0 fully saturated rings. The third-order valence-corrected chi connectivity index (χ3v) is 3.53. The van der Waals surface area contributed by atoms with Gasteiger partial charge in [0, 0.05) is 22.5 Å². The standard InChI is InChI=1S/C14H16ClN3S/c1-3-7-16-13-9-14(18-10(2)17-13)19-12-6-4-5-11(15)8-12/h4-6,8-9H,3,7H2,1-2H3,(H,16,17,18). The van der Waals surface area contributed by atoms with Gasteiger partial charge in [0.05, 0.1) is 0 Å². The Bertz CT molecular complexity index is 560. The van der Waals surface area contributed by atoms with Gasteiger partial charge in [0.15, 0.2) is 0 Å². The Kier molecular flexibility index (Phi) is 5.05. The van der Waals surface area contributed by atoms with Gasteiger partial charge in [0.2, 0.25) is 0 Å². The smallest absolute Gasteiger partial charge is 0.130 e. The van der Waals surface area contributed by atoms with Crippen LogP contribution in [-0.4, -0.2) is 16.5 Å². The van der Waals surface area contributed by atoms with E-state index in [4.69, 9.17) is 11.6 Å². The molecular formula is C14H16ClN3S. The van der Waals surface area contributed by atoms with Crippen molar-refractivity contribution in [2.75, 3.05) is 11.9 Å². The first kappa shape index (κ1) is 14.2. The molecule has 19 heavy (non-hydrogen) atoms. The van der Waals surface area contributed by atoms with Crippen molar-refractivity contribution in [3.05, 3.63) is 41.2 Å². The van der Waals surface area contributed by atoms with Crippen LogP contribution in [0.4, 0.5) is 5.82 Å². The summed E-state index contributed by atoms with van der Waals surface area (Å²) in [6.45, 7) is 4.94. The summed E-state index contributed by atoms with van der Waals surface area (Å²) in [7, 11) is 0. The lowest BCUT2D eigenvalue weighted by atomic mass is 10.4. The van der Waals surface area contributed by atoms with Gasteiger partial charge in [-0.25, -0.2) is 9.97 Å². The maximum Gasteiger partial charge on any atom is 0.130 e. The van der Waals surface area contributed by atoms with E-state index >= 15 is 0 Å². The summed E-state index contributed by atoms with van der Waals surface area (Å²) in [4.78, 5) is 9.88. The van der Waals surface area contributed by atoms with Crippen molar-refractivity contribution in [3.63, 3.8) is 0 Å². The van der Waals surface area contributed by atoms with E-state index in [1.165, 1.54) is 0 Å². The molecule has 5 heteroatoms. The quantitative estimate of drug-likeness (QED) is 0.829. The summed E-state index contributed by atoms with van der Waals surface area (Å²) in [6.07, 6.45) is 1.07. The predicted octanol–water partition coefficient (Wildman–Crippen LogP) is 4.41. The number of aromatic nitrogens is 2. The molecule has 0 spiro atoms. The Morgan fingerprint density at radius 1 is 1.26 bits per heavy atom. The zero-order valence-corrected chi connectivity index (χ0v) is 12.6. The summed E-state index contributed by atoms with van der Waals surface area (Å²) < 4.78 is 0. The van der Waals surface area contributed by atoms with Crippen molar-refractivity contribution >= 4 is 29.2 Å². The van der Waals surface area contributed by atoms with Crippen LogP contribution in [0.5, 0.6) is 0 Å². The van der Waals surface area contributed by atoms with Gasteiger partial charge in [-0.05, 0) is 31.5 Å². The van der Waals surface area contributed by atoms with Gasteiger partial charge in [0.25, 0.3) is 0 Å². The fourth-order valence-corrected chi connectivity index (χ4v) is 2.76. The van der Waals surface area contributed by atoms with E-state index in [1.54, 1.807) is 11.8 Å². The van der Waals surface area contributed by atoms with Crippen LogP contribution in [0.2, 0.25) is 5.02 Å². The van der Waals surface area contributed by atoms with Crippen LogP contribution in [0, 0.1) is 6.92 Å². The third kappa shape index (κ3) is 4.40. The van der Waals surface area contributed by atoms with Crippen LogP contribution in [0.3, 0.4) is 0 Å². The summed E-state index contributed by atoms with van der Waals surface area (Å²) in [6, 6.07) is 9.73. The predicted molar refractivity (Wildman–Crippen MR) is 81.1 cm³/mol. The van der Waals surface area contributed by atoms with E-state index < -0.39 is 0 Å². The SMILES string of the molecule is CCCNc1cc(Sc2cccc(Cl)c2)nc(C)n1. The van der Waals surface area contributed by atoms with Gasteiger partial charge in [0.1, 0.15) is 16.7 Å². The minimum Gasteiger partial charge on any atom is -0.370 e. The molecule has 3 nitrogen and oxygen atoms in total. The molecule has 0 radical (unpaired) electrons. The first-order valence-corrected chi connectivity index (χ1v) is 7.40. The van der Waals surface area contributed by atoms with E-state index in [-0.39, 0.29) is 0 Å². The molecule has 0 amide bonds. The molecule has 0 aliphatic heterocycles. The molecule has 0 aliphatic carbocycles. The second kappa shape index (κ2) is 6.78. The average Bonchev–Trinajstić information content (AvgIpc) is 2.35. The Labute approximate surface area is 122 Å². The molecule has 2 aromatic rings. The fraction of sp³-hybridized carbons (Fsp3) is 0.286. The monoisotopic (exact) mass is 293 g/mol.